The zero-order valence-corrected chi connectivity index (χ0v) is 15.9. The van der Waals surface area contributed by atoms with Gasteiger partial charge in [0.2, 0.25) is 5.82 Å². The molecule has 0 bridgehead atoms. The Hall–Kier alpha value is -3.03. The molecule has 0 aromatic heterocycles. The molecule has 0 saturated carbocycles. The number of carbonyl (C=O) groups excluding carboxylic acids is 1. The van der Waals surface area contributed by atoms with E-state index in [0.29, 0.717) is 12.0 Å². The van der Waals surface area contributed by atoms with Gasteiger partial charge in [-0.3, -0.25) is 0 Å². The van der Waals surface area contributed by atoms with Crippen LogP contribution in [0, 0.1) is 35.0 Å². The van der Waals surface area contributed by atoms with Gasteiger partial charge in [0.25, 0.3) is 0 Å². The molecule has 1 unspecified atom stereocenters. The minimum atomic E-state index is -2.36. The third-order valence-electron chi connectivity index (χ3n) is 4.30. The fraction of sp³-hybridized carbons (Fsp3) is 0.238. The van der Waals surface area contributed by atoms with Crippen LogP contribution in [0.25, 0.3) is 0 Å². The summed E-state index contributed by atoms with van der Waals surface area (Å²) in [6, 6.07) is 8.56. The van der Waals surface area contributed by atoms with E-state index in [0.717, 1.165) is 5.57 Å². The topological polar surface area (TPSA) is 38.7 Å². The lowest BCUT2D eigenvalue weighted by molar-refractivity contribution is 0.0499. The Morgan fingerprint density at radius 3 is 2.03 bits per heavy atom. The number of hydrogen-bond acceptors (Lipinski definition) is 3. The molecule has 0 N–H and O–H groups in total. The third kappa shape index (κ3) is 4.88. The van der Waals surface area contributed by atoms with Crippen molar-refractivity contribution < 1.29 is 31.6 Å². The summed E-state index contributed by atoms with van der Waals surface area (Å²) in [5.41, 5.74) is 0.181. The molecule has 0 aliphatic carbocycles. The van der Waals surface area contributed by atoms with Crippen LogP contribution >= 0.6 is 0 Å². The number of benzene rings is 2. The van der Waals surface area contributed by atoms with Crippen LogP contribution in [0.5, 0.6) is 0 Å². The van der Waals surface area contributed by atoms with Crippen molar-refractivity contribution in [1.82, 2.24) is 0 Å². The summed E-state index contributed by atoms with van der Waals surface area (Å²) < 4.78 is 67.4. The van der Waals surface area contributed by atoms with Crippen LogP contribution in [-0.2, 0) is 4.84 Å². The van der Waals surface area contributed by atoms with E-state index in [4.69, 9.17) is 0 Å². The second-order valence-corrected chi connectivity index (χ2v) is 6.41. The van der Waals surface area contributed by atoms with E-state index in [1.807, 2.05) is 19.9 Å². The first kappa shape index (κ1) is 22.3. The Morgan fingerprint density at radius 1 is 1.00 bits per heavy atom. The lowest BCUT2D eigenvalue weighted by Gasteiger charge is -2.15. The van der Waals surface area contributed by atoms with E-state index in [9.17, 15) is 26.7 Å². The van der Waals surface area contributed by atoms with Crippen molar-refractivity contribution >= 4 is 11.7 Å². The van der Waals surface area contributed by atoms with Crippen molar-refractivity contribution in [2.45, 2.75) is 27.2 Å². The summed E-state index contributed by atoms with van der Waals surface area (Å²) >= 11 is 0. The van der Waals surface area contributed by atoms with Crippen molar-refractivity contribution in [3.8, 4) is 0 Å². The van der Waals surface area contributed by atoms with Crippen molar-refractivity contribution in [3.05, 3.63) is 82.2 Å². The van der Waals surface area contributed by atoms with E-state index in [-0.39, 0.29) is 11.6 Å². The Labute approximate surface area is 164 Å². The van der Waals surface area contributed by atoms with E-state index in [2.05, 4.69) is 9.99 Å². The summed E-state index contributed by atoms with van der Waals surface area (Å²) in [4.78, 5) is 16.6. The van der Waals surface area contributed by atoms with Crippen LogP contribution in [-0.4, -0.2) is 11.7 Å². The van der Waals surface area contributed by atoms with Crippen molar-refractivity contribution in [3.63, 3.8) is 0 Å². The molecule has 8 heteroatoms. The average molecular weight is 411 g/mol. The highest BCUT2D eigenvalue weighted by atomic mass is 19.2. The van der Waals surface area contributed by atoms with Crippen LogP contribution in [0.1, 0.15) is 43.1 Å². The zero-order valence-electron chi connectivity index (χ0n) is 15.9. The van der Waals surface area contributed by atoms with Crippen molar-refractivity contribution in [2.75, 3.05) is 0 Å². The highest BCUT2D eigenvalue weighted by molar-refractivity contribution is 6.02. The minimum absolute atomic E-state index is 0.266. The number of nitrogens with zero attached hydrogens (tertiary/aromatic N) is 1. The molecule has 0 fully saturated rings. The number of rotatable bonds is 6. The quantitative estimate of drug-likeness (QED) is 0.112. The second kappa shape index (κ2) is 9.45. The zero-order chi connectivity index (χ0) is 21.7. The maximum Gasteiger partial charge on any atom is 0.371 e. The molecule has 29 heavy (non-hydrogen) atoms. The SMILES string of the molecule is C/C=C(\C)CC(C)/C(=N/OC(=O)c1c(F)c(F)c(F)c(F)c1F)c1ccccc1. The van der Waals surface area contributed by atoms with Gasteiger partial charge in [-0.1, -0.05) is 54.1 Å². The van der Waals surface area contributed by atoms with Crippen LogP contribution < -0.4 is 0 Å². The van der Waals surface area contributed by atoms with Crippen LogP contribution in [0.3, 0.4) is 0 Å². The molecule has 3 nitrogen and oxygen atoms in total. The number of allylic oxidation sites excluding steroid dienone is 2. The monoisotopic (exact) mass is 411 g/mol. The molecular weight excluding hydrogens is 393 g/mol. The van der Waals surface area contributed by atoms with E-state index < -0.39 is 40.6 Å². The number of halogens is 5. The second-order valence-electron chi connectivity index (χ2n) is 6.41. The normalized spacial score (nSPS) is 13.4. The molecule has 2 rings (SSSR count). The lowest BCUT2D eigenvalue weighted by Crippen LogP contribution is -2.17. The summed E-state index contributed by atoms with van der Waals surface area (Å²) in [5, 5.41) is 3.69. The molecule has 0 spiro atoms. The molecule has 2 aromatic rings. The molecule has 0 amide bonds. The fourth-order valence-corrected chi connectivity index (χ4v) is 2.65. The highest BCUT2D eigenvalue weighted by Gasteiger charge is 2.31. The van der Waals surface area contributed by atoms with E-state index in [1.54, 1.807) is 37.3 Å². The predicted octanol–water partition coefficient (Wildman–Crippen LogP) is 5.94. The van der Waals surface area contributed by atoms with Gasteiger partial charge in [-0.05, 0) is 25.8 Å². The Kier molecular flexibility index (Phi) is 7.25. The first-order valence-electron chi connectivity index (χ1n) is 8.66. The van der Waals surface area contributed by atoms with Gasteiger partial charge in [-0.25, -0.2) is 26.7 Å². The number of oxime groups is 1. The summed E-state index contributed by atoms with van der Waals surface area (Å²) in [6.45, 7) is 5.54. The van der Waals surface area contributed by atoms with Gasteiger partial charge in [0.15, 0.2) is 23.3 Å². The van der Waals surface area contributed by atoms with Gasteiger partial charge >= 0.3 is 5.97 Å². The summed E-state index contributed by atoms with van der Waals surface area (Å²) in [7, 11) is 0. The Bertz CT molecular complexity index is 942. The molecule has 0 radical (unpaired) electrons. The summed E-state index contributed by atoms with van der Waals surface area (Å²) in [5.74, 6) is -13.4. The molecule has 2 aromatic carbocycles. The van der Waals surface area contributed by atoms with Crippen LogP contribution in [0.4, 0.5) is 22.0 Å². The largest absolute Gasteiger partial charge is 0.371 e. The lowest BCUT2D eigenvalue weighted by atomic mass is 9.92. The van der Waals surface area contributed by atoms with Crippen molar-refractivity contribution in [1.29, 1.82) is 0 Å². The summed E-state index contributed by atoms with van der Waals surface area (Å²) in [6.07, 6.45) is 2.43. The average Bonchev–Trinajstić information content (AvgIpc) is 2.71. The van der Waals surface area contributed by atoms with E-state index in [1.165, 1.54) is 0 Å². The molecular formula is C21H18F5NO2. The standard InChI is InChI=1S/C21H18F5NO2/c1-4-11(2)10-12(3)20(13-8-6-5-7-9-13)27-29-21(28)14-15(22)17(24)19(26)18(25)16(14)23/h4-9,12H,10H2,1-3H3/b11-4+,27-20-. The van der Waals surface area contributed by atoms with E-state index >= 15 is 0 Å². The predicted molar refractivity (Wildman–Crippen MR) is 97.8 cm³/mol. The molecule has 0 aliphatic heterocycles. The molecule has 1 atom stereocenters. The Morgan fingerprint density at radius 2 is 1.52 bits per heavy atom. The molecule has 0 aliphatic rings. The highest BCUT2D eigenvalue weighted by Crippen LogP contribution is 2.24. The van der Waals surface area contributed by atoms with Gasteiger partial charge in [0.05, 0.1) is 5.71 Å². The van der Waals surface area contributed by atoms with Crippen molar-refractivity contribution in [2.24, 2.45) is 11.1 Å². The van der Waals surface area contributed by atoms with Gasteiger partial charge in [0, 0.05) is 5.92 Å². The fourth-order valence-electron chi connectivity index (χ4n) is 2.65. The van der Waals surface area contributed by atoms with Gasteiger partial charge in [-0.2, -0.15) is 0 Å². The number of carbonyl (C=O) groups is 1. The molecule has 154 valence electrons. The number of hydrogen-bond donors (Lipinski definition) is 0. The third-order valence-corrected chi connectivity index (χ3v) is 4.30. The van der Waals surface area contributed by atoms with Gasteiger partial charge in [-0.15, -0.1) is 0 Å². The maximum absolute atomic E-state index is 13.8. The Balaban J connectivity index is 2.43. The van der Waals surface area contributed by atoms with Gasteiger partial charge < -0.3 is 4.84 Å². The molecule has 0 heterocycles. The first-order chi connectivity index (χ1) is 13.7. The van der Waals surface area contributed by atoms with Crippen LogP contribution in [0.15, 0.2) is 47.1 Å². The molecule has 0 saturated heterocycles. The smallest absolute Gasteiger partial charge is 0.312 e. The maximum atomic E-state index is 13.8. The van der Waals surface area contributed by atoms with Crippen LogP contribution in [0.2, 0.25) is 0 Å². The van der Waals surface area contributed by atoms with Gasteiger partial charge in [0.1, 0.15) is 5.56 Å². The minimum Gasteiger partial charge on any atom is -0.312 e. The first-order valence-corrected chi connectivity index (χ1v) is 8.66.